The highest BCUT2D eigenvalue weighted by molar-refractivity contribution is 7.98. The number of ether oxygens (including phenoxy) is 1. The third kappa shape index (κ3) is 4.03. The van der Waals surface area contributed by atoms with Crippen LogP contribution in [0.25, 0.3) is 0 Å². The highest BCUT2D eigenvalue weighted by atomic mass is 32.2. The first-order valence-corrected chi connectivity index (χ1v) is 7.35. The maximum Gasteiger partial charge on any atom is 0.341 e. The second-order valence-electron chi connectivity index (χ2n) is 4.08. The molecule has 0 aromatic carbocycles. The summed E-state index contributed by atoms with van der Waals surface area (Å²) in [5.41, 5.74) is 1.47. The molecule has 5 nitrogen and oxygen atoms in total. The molecule has 0 aliphatic carbocycles. The minimum absolute atomic E-state index is 0.293. The zero-order valence-corrected chi connectivity index (χ0v) is 12.3. The number of aryl methyl sites for hydroxylation is 1. The first kappa shape index (κ1) is 15.0. The van der Waals surface area contributed by atoms with E-state index >= 15 is 0 Å². The van der Waals surface area contributed by atoms with Crippen LogP contribution in [0.15, 0.2) is 6.20 Å². The third-order valence-electron chi connectivity index (χ3n) is 2.65. The number of aromatic nitrogens is 2. The summed E-state index contributed by atoms with van der Waals surface area (Å²) in [6.45, 7) is 3.87. The van der Waals surface area contributed by atoms with E-state index in [9.17, 15) is 4.79 Å². The molecule has 18 heavy (non-hydrogen) atoms. The third-order valence-corrected chi connectivity index (χ3v) is 3.24. The normalized spacial score (nSPS) is 10.9. The molecule has 0 unspecified atom stereocenters. The Bertz CT molecular complexity index is 393. The number of hydrogen-bond acceptors (Lipinski definition) is 5. The van der Waals surface area contributed by atoms with Gasteiger partial charge in [0, 0.05) is 25.9 Å². The van der Waals surface area contributed by atoms with E-state index in [1.54, 1.807) is 17.8 Å². The number of hydrogen-bond donors (Lipinski definition) is 0. The molecule has 102 valence electrons. The van der Waals surface area contributed by atoms with Gasteiger partial charge in [-0.15, -0.1) is 0 Å². The van der Waals surface area contributed by atoms with Crippen LogP contribution < -0.4 is 0 Å². The Morgan fingerprint density at radius 3 is 2.94 bits per heavy atom. The zero-order chi connectivity index (χ0) is 13.5. The molecule has 1 aromatic rings. The average molecular weight is 271 g/mol. The maximum absolute atomic E-state index is 11.8. The topological polar surface area (TPSA) is 47.4 Å². The van der Waals surface area contributed by atoms with Gasteiger partial charge in [-0.1, -0.05) is 0 Å². The summed E-state index contributed by atoms with van der Waals surface area (Å²) in [6, 6.07) is 0. The summed E-state index contributed by atoms with van der Waals surface area (Å²) in [4.78, 5) is 14.0. The van der Waals surface area contributed by atoms with Crippen molar-refractivity contribution in [1.29, 1.82) is 0 Å². The van der Waals surface area contributed by atoms with E-state index in [4.69, 9.17) is 4.74 Å². The molecule has 1 rings (SSSR count). The second kappa shape index (κ2) is 7.43. The molecular weight excluding hydrogens is 250 g/mol. The molecule has 1 aromatic heterocycles. The van der Waals surface area contributed by atoms with Crippen LogP contribution in [0.1, 0.15) is 23.0 Å². The smallest absolute Gasteiger partial charge is 0.341 e. The van der Waals surface area contributed by atoms with Gasteiger partial charge in [-0.25, -0.2) is 4.79 Å². The summed E-state index contributed by atoms with van der Waals surface area (Å²) in [7, 11) is 3.89. The van der Waals surface area contributed by atoms with Crippen LogP contribution >= 0.6 is 11.8 Å². The van der Waals surface area contributed by atoms with Crippen molar-refractivity contribution in [3.8, 4) is 0 Å². The summed E-state index contributed by atoms with van der Waals surface area (Å²) < 4.78 is 6.77. The molecule has 0 bridgehead atoms. The van der Waals surface area contributed by atoms with Crippen LogP contribution in [0.3, 0.4) is 0 Å². The molecule has 0 amide bonds. The lowest BCUT2D eigenvalue weighted by atomic mass is 10.2. The van der Waals surface area contributed by atoms with Crippen LogP contribution in [-0.2, 0) is 18.3 Å². The zero-order valence-electron chi connectivity index (χ0n) is 11.5. The Hall–Kier alpha value is -1.01. The number of thioether (sulfide) groups is 1. The van der Waals surface area contributed by atoms with Crippen molar-refractivity contribution in [1.82, 2.24) is 14.7 Å². The van der Waals surface area contributed by atoms with Gasteiger partial charge in [-0.05, 0) is 20.2 Å². The van der Waals surface area contributed by atoms with Crippen LogP contribution in [0.5, 0.6) is 0 Å². The molecule has 6 heteroatoms. The van der Waals surface area contributed by atoms with Crippen molar-refractivity contribution in [3.63, 3.8) is 0 Å². The largest absolute Gasteiger partial charge is 0.462 e. The van der Waals surface area contributed by atoms with E-state index in [-0.39, 0.29) is 5.97 Å². The van der Waals surface area contributed by atoms with Crippen molar-refractivity contribution in [3.05, 3.63) is 17.5 Å². The predicted molar refractivity (Wildman–Crippen MR) is 73.9 cm³/mol. The van der Waals surface area contributed by atoms with Crippen LogP contribution in [-0.4, -0.2) is 52.9 Å². The lowest BCUT2D eigenvalue weighted by Gasteiger charge is -2.16. The van der Waals surface area contributed by atoms with Crippen molar-refractivity contribution in [2.75, 3.05) is 32.2 Å². The summed E-state index contributed by atoms with van der Waals surface area (Å²) in [6.07, 6.45) is 3.66. The number of carbonyl (C=O) groups excluding carboxylic acids is 1. The summed E-state index contributed by atoms with van der Waals surface area (Å²) in [5, 5.41) is 4.14. The SMILES string of the molecule is CCOC(=O)c1cnn(C)c1CN(C)CCSC. The van der Waals surface area contributed by atoms with E-state index < -0.39 is 0 Å². The van der Waals surface area contributed by atoms with E-state index in [0.29, 0.717) is 18.7 Å². The lowest BCUT2D eigenvalue weighted by Crippen LogP contribution is -2.23. The Morgan fingerprint density at radius 1 is 1.61 bits per heavy atom. The molecule has 0 aliphatic heterocycles. The van der Waals surface area contributed by atoms with E-state index in [1.165, 1.54) is 0 Å². The molecule has 0 saturated heterocycles. The molecule has 0 saturated carbocycles. The Balaban J connectivity index is 2.74. The number of esters is 1. The lowest BCUT2D eigenvalue weighted by molar-refractivity contribution is 0.0524. The number of nitrogens with zero attached hydrogens (tertiary/aromatic N) is 3. The van der Waals surface area contributed by atoms with Gasteiger partial charge in [0.15, 0.2) is 0 Å². The highest BCUT2D eigenvalue weighted by Gasteiger charge is 2.18. The molecule has 0 atom stereocenters. The van der Waals surface area contributed by atoms with Gasteiger partial charge in [0.1, 0.15) is 5.56 Å². The van der Waals surface area contributed by atoms with Crippen molar-refractivity contribution >= 4 is 17.7 Å². The van der Waals surface area contributed by atoms with Crippen molar-refractivity contribution in [2.24, 2.45) is 7.05 Å². The number of rotatable bonds is 7. The Kier molecular flexibility index (Phi) is 6.21. The van der Waals surface area contributed by atoms with Gasteiger partial charge in [-0.3, -0.25) is 9.58 Å². The van der Waals surface area contributed by atoms with Crippen LogP contribution in [0, 0.1) is 0 Å². The fraction of sp³-hybridized carbons (Fsp3) is 0.667. The van der Waals surface area contributed by atoms with Gasteiger partial charge < -0.3 is 4.74 Å². The second-order valence-corrected chi connectivity index (χ2v) is 5.07. The molecule has 0 radical (unpaired) electrons. The van der Waals surface area contributed by atoms with Gasteiger partial charge in [0.2, 0.25) is 0 Å². The molecule has 0 N–H and O–H groups in total. The van der Waals surface area contributed by atoms with Crippen LogP contribution in [0.4, 0.5) is 0 Å². The minimum Gasteiger partial charge on any atom is -0.462 e. The van der Waals surface area contributed by atoms with E-state index in [0.717, 1.165) is 18.0 Å². The molecular formula is C12H21N3O2S. The first-order valence-electron chi connectivity index (χ1n) is 5.95. The van der Waals surface area contributed by atoms with Gasteiger partial charge >= 0.3 is 5.97 Å². The standard InChI is InChI=1S/C12H21N3O2S/c1-5-17-12(16)10-8-13-15(3)11(10)9-14(2)6-7-18-4/h8H,5-7,9H2,1-4H3. The number of carbonyl (C=O) groups is 1. The van der Waals surface area contributed by atoms with Gasteiger partial charge in [0.05, 0.1) is 18.5 Å². The predicted octanol–water partition coefficient (Wildman–Crippen LogP) is 1.39. The molecule has 0 spiro atoms. The van der Waals surface area contributed by atoms with E-state index in [2.05, 4.69) is 16.3 Å². The van der Waals surface area contributed by atoms with Crippen LogP contribution in [0.2, 0.25) is 0 Å². The van der Waals surface area contributed by atoms with E-state index in [1.807, 2.05) is 25.9 Å². The first-order chi connectivity index (χ1) is 8.60. The monoisotopic (exact) mass is 271 g/mol. The maximum atomic E-state index is 11.8. The minimum atomic E-state index is -0.293. The van der Waals surface area contributed by atoms with Gasteiger partial charge in [0.25, 0.3) is 0 Å². The quantitative estimate of drug-likeness (QED) is 0.701. The fourth-order valence-electron chi connectivity index (χ4n) is 1.61. The summed E-state index contributed by atoms with van der Waals surface area (Å²) >= 11 is 1.81. The Morgan fingerprint density at radius 2 is 2.33 bits per heavy atom. The molecule has 0 aliphatic rings. The van der Waals surface area contributed by atoms with Crippen molar-refractivity contribution < 1.29 is 9.53 Å². The Labute approximate surface area is 112 Å². The van der Waals surface area contributed by atoms with Gasteiger partial charge in [-0.2, -0.15) is 16.9 Å². The highest BCUT2D eigenvalue weighted by Crippen LogP contribution is 2.12. The fourth-order valence-corrected chi connectivity index (χ4v) is 2.11. The molecule has 1 heterocycles. The molecule has 0 fully saturated rings. The summed E-state index contributed by atoms with van der Waals surface area (Å²) in [5.74, 6) is 0.780. The average Bonchev–Trinajstić information content (AvgIpc) is 2.69. The van der Waals surface area contributed by atoms with Crippen molar-refractivity contribution in [2.45, 2.75) is 13.5 Å².